The molecule has 2 amide bonds. The SMILES string of the molecule is Cc1cc(Nc2nccn3c(C4=CC(CC#N)CN=C4C(F)(F)F)cnc23)cc(F)c1C(=O)N[C@H](C)CNC(=O)C1CC(N)C1. The van der Waals surface area contributed by atoms with Crippen molar-refractivity contribution in [1.29, 1.82) is 5.26 Å². The average Bonchev–Trinajstić information content (AvgIpc) is 3.38. The van der Waals surface area contributed by atoms with E-state index in [9.17, 15) is 22.8 Å². The minimum absolute atomic E-state index is 0.00759. The third kappa shape index (κ3) is 6.80. The number of carbonyl (C=O) groups is 2. The van der Waals surface area contributed by atoms with E-state index in [0.717, 1.165) is 6.07 Å². The first-order valence-electron chi connectivity index (χ1n) is 14.3. The van der Waals surface area contributed by atoms with Crippen LogP contribution in [0, 0.1) is 35.9 Å². The van der Waals surface area contributed by atoms with E-state index in [4.69, 9.17) is 11.0 Å². The first kappa shape index (κ1) is 31.6. The lowest BCUT2D eigenvalue weighted by Gasteiger charge is -2.31. The number of nitriles is 1. The number of rotatable bonds is 9. The highest BCUT2D eigenvalue weighted by Crippen LogP contribution is 2.34. The zero-order valence-corrected chi connectivity index (χ0v) is 24.5. The topological polar surface area (TPSA) is 163 Å². The highest BCUT2D eigenvalue weighted by Gasteiger charge is 2.41. The fourth-order valence-corrected chi connectivity index (χ4v) is 5.42. The maximum absolute atomic E-state index is 15.3. The summed E-state index contributed by atoms with van der Waals surface area (Å²) in [6, 6.07) is 4.16. The Morgan fingerprint density at radius 1 is 1.24 bits per heavy atom. The second-order valence-corrected chi connectivity index (χ2v) is 11.3. The fraction of sp³-hybridized carbons (Fsp3) is 0.400. The van der Waals surface area contributed by atoms with Crippen molar-refractivity contribution in [1.82, 2.24) is 25.0 Å². The minimum atomic E-state index is -4.72. The number of aliphatic imine (C=N–C) groups is 1. The Balaban J connectivity index is 1.33. The standard InChI is InChI=1S/C30H31F4N9O2/c1-15-7-20(11-22(31)24(15)29(45)41-16(2)12-40-28(44)18-9-19(36)10-18)42-26-27-39-14-23(43(27)6-5-37-26)21-8-17(3-4-35)13-38-25(21)30(32,33)34/h5-8,11,14,16-19H,3,9-10,12-13,36H2,1-2H3,(H,37,42)(H,40,44)(H,41,45)/t16-,17?,18?,19?/m1/s1. The third-order valence-corrected chi connectivity index (χ3v) is 7.75. The normalized spacial score (nSPS) is 20.4. The van der Waals surface area contributed by atoms with E-state index in [1.54, 1.807) is 13.8 Å². The van der Waals surface area contributed by atoms with Gasteiger partial charge in [-0.25, -0.2) is 14.4 Å². The van der Waals surface area contributed by atoms with Gasteiger partial charge in [-0.15, -0.1) is 0 Å². The molecule has 0 bridgehead atoms. The van der Waals surface area contributed by atoms with Crippen molar-refractivity contribution >= 4 is 40.3 Å². The number of nitrogens with one attached hydrogen (secondary N) is 3. The molecule has 1 aromatic carbocycles. The molecule has 1 saturated carbocycles. The molecule has 5 N–H and O–H groups in total. The minimum Gasteiger partial charge on any atom is -0.354 e. The monoisotopic (exact) mass is 625 g/mol. The number of dihydropyridines is 1. The van der Waals surface area contributed by atoms with Crippen LogP contribution in [-0.4, -0.2) is 63.2 Å². The van der Waals surface area contributed by atoms with Gasteiger partial charge in [-0.3, -0.25) is 19.0 Å². The summed E-state index contributed by atoms with van der Waals surface area (Å²) in [6.07, 6.45) is 1.97. The van der Waals surface area contributed by atoms with Crippen molar-refractivity contribution < 1.29 is 27.2 Å². The van der Waals surface area contributed by atoms with Crippen LogP contribution in [0.2, 0.25) is 0 Å². The second kappa shape index (κ2) is 12.6. The molecule has 2 aromatic heterocycles. The number of nitrogens with two attached hydrogens (primary N) is 1. The van der Waals surface area contributed by atoms with Crippen LogP contribution in [-0.2, 0) is 4.79 Å². The van der Waals surface area contributed by atoms with Crippen LogP contribution in [0.1, 0.15) is 47.8 Å². The molecule has 0 radical (unpaired) electrons. The van der Waals surface area contributed by atoms with E-state index >= 15 is 4.39 Å². The Morgan fingerprint density at radius 3 is 2.67 bits per heavy atom. The molecular formula is C30H31F4N9O2. The predicted octanol–water partition coefficient (Wildman–Crippen LogP) is 3.82. The lowest BCUT2D eigenvalue weighted by molar-refractivity contribution is -0.127. The Hall–Kier alpha value is -4.84. The number of imidazole rings is 1. The van der Waals surface area contributed by atoms with Crippen molar-refractivity contribution in [2.75, 3.05) is 18.4 Å². The van der Waals surface area contributed by atoms with Crippen molar-refractivity contribution in [3.05, 3.63) is 59.4 Å². The maximum atomic E-state index is 15.3. The van der Waals surface area contributed by atoms with E-state index in [1.165, 1.54) is 35.1 Å². The smallest absolute Gasteiger partial charge is 0.354 e. The summed E-state index contributed by atoms with van der Waals surface area (Å²) in [4.78, 5) is 37.3. The molecule has 3 aromatic rings. The lowest BCUT2D eigenvalue weighted by Crippen LogP contribution is -2.48. The third-order valence-electron chi connectivity index (χ3n) is 7.75. The molecule has 1 fully saturated rings. The Morgan fingerprint density at radius 2 is 2.00 bits per heavy atom. The molecule has 0 spiro atoms. The first-order chi connectivity index (χ1) is 21.3. The Bertz CT molecular complexity index is 1710. The molecule has 2 aliphatic rings. The first-order valence-corrected chi connectivity index (χ1v) is 14.3. The summed E-state index contributed by atoms with van der Waals surface area (Å²) in [5.74, 6) is -2.08. The molecule has 15 heteroatoms. The number of hydrogen-bond acceptors (Lipinski definition) is 8. The van der Waals surface area contributed by atoms with Gasteiger partial charge in [-0.2, -0.15) is 18.4 Å². The Labute approximate surface area is 255 Å². The number of aromatic nitrogens is 3. The van der Waals surface area contributed by atoms with Gasteiger partial charge in [0.2, 0.25) is 5.91 Å². The van der Waals surface area contributed by atoms with Crippen LogP contribution in [0.5, 0.6) is 0 Å². The molecule has 45 heavy (non-hydrogen) atoms. The molecule has 3 heterocycles. The van der Waals surface area contributed by atoms with Crippen LogP contribution >= 0.6 is 0 Å². The molecule has 0 saturated heterocycles. The molecule has 1 aliphatic carbocycles. The van der Waals surface area contributed by atoms with E-state index in [0.29, 0.717) is 18.4 Å². The molecule has 5 rings (SSSR count). The summed E-state index contributed by atoms with van der Waals surface area (Å²) in [5.41, 5.74) is 5.11. The van der Waals surface area contributed by atoms with Gasteiger partial charge in [0.25, 0.3) is 5.91 Å². The summed E-state index contributed by atoms with van der Waals surface area (Å²) >= 11 is 0. The number of carbonyl (C=O) groups excluding carboxylic acids is 2. The van der Waals surface area contributed by atoms with Gasteiger partial charge in [-0.05, 0) is 44.4 Å². The summed E-state index contributed by atoms with van der Waals surface area (Å²) < 4.78 is 58.2. The molecular weight excluding hydrogens is 594 g/mol. The van der Waals surface area contributed by atoms with Gasteiger partial charge in [0.15, 0.2) is 11.5 Å². The van der Waals surface area contributed by atoms with Crippen LogP contribution in [0.4, 0.5) is 29.1 Å². The van der Waals surface area contributed by atoms with Gasteiger partial charge >= 0.3 is 6.18 Å². The quantitative estimate of drug-likeness (QED) is 0.263. The zero-order valence-electron chi connectivity index (χ0n) is 24.5. The average molecular weight is 626 g/mol. The number of allylic oxidation sites excluding steroid dienone is 1. The zero-order chi connectivity index (χ0) is 32.5. The number of hydrogen-bond donors (Lipinski definition) is 4. The second-order valence-electron chi connectivity index (χ2n) is 11.3. The number of nitrogens with zero attached hydrogens (tertiary/aromatic N) is 5. The van der Waals surface area contributed by atoms with Gasteiger partial charge in [0.1, 0.15) is 11.5 Å². The van der Waals surface area contributed by atoms with Crippen molar-refractivity contribution in [3.8, 4) is 6.07 Å². The number of anilines is 2. The van der Waals surface area contributed by atoms with Crippen LogP contribution in [0.15, 0.2) is 41.8 Å². The van der Waals surface area contributed by atoms with Gasteiger partial charge < -0.3 is 21.7 Å². The predicted molar refractivity (Wildman–Crippen MR) is 158 cm³/mol. The maximum Gasteiger partial charge on any atom is 0.433 e. The van der Waals surface area contributed by atoms with Crippen molar-refractivity contribution in [3.63, 3.8) is 0 Å². The van der Waals surface area contributed by atoms with Crippen LogP contribution in [0.3, 0.4) is 0 Å². The van der Waals surface area contributed by atoms with Crippen molar-refractivity contribution in [2.24, 2.45) is 22.6 Å². The van der Waals surface area contributed by atoms with E-state index in [2.05, 4.69) is 30.9 Å². The summed E-state index contributed by atoms with van der Waals surface area (Å²) in [6.45, 7) is 3.27. The van der Waals surface area contributed by atoms with E-state index in [-0.39, 0.29) is 71.4 Å². The highest BCUT2D eigenvalue weighted by molar-refractivity contribution is 6.26. The van der Waals surface area contributed by atoms with Crippen LogP contribution < -0.4 is 21.7 Å². The molecule has 1 unspecified atom stereocenters. The molecule has 1 aliphatic heterocycles. The fourth-order valence-electron chi connectivity index (χ4n) is 5.42. The molecule has 11 nitrogen and oxygen atoms in total. The molecule has 2 atom stereocenters. The van der Waals surface area contributed by atoms with Gasteiger partial charge in [-0.1, -0.05) is 6.08 Å². The largest absolute Gasteiger partial charge is 0.433 e. The number of benzene rings is 1. The van der Waals surface area contributed by atoms with Gasteiger partial charge in [0, 0.05) is 67.1 Å². The highest BCUT2D eigenvalue weighted by atomic mass is 19.4. The lowest BCUT2D eigenvalue weighted by atomic mass is 9.80. The summed E-state index contributed by atoms with van der Waals surface area (Å²) in [7, 11) is 0. The number of alkyl halides is 3. The summed E-state index contributed by atoms with van der Waals surface area (Å²) in [5, 5.41) is 17.5. The number of amides is 2. The Kier molecular flexibility index (Phi) is 8.87. The van der Waals surface area contributed by atoms with Crippen LogP contribution in [0.25, 0.3) is 11.2 Å². The van der Waals surface area contributed by atoms with E-state index < -0.39 is 35.6 Å². The van der Waals surface area contributed by atoms with Gasteiger partial charge in [0.05, 0.1) is 23.5 Å². The van der Waals surface area contributed by atoms with Crippen molar-refractivity contribution in [2.45, 2.75) is 51.4 Å². The number of fused-ring (bicyclic) bond motifs is 1. The number of halogens is 4. The van der Waals surface area contributed by atoms with E-state index in [1.807, 2.05) is 6.07 Å². The number of aryl methyl sites for hydroxylation is 1. The molecule has 236 valence electrons.